The van der Waals surface area contributed by atoms with Gasteiger partial charge in [-0.1, -0.05) is 0 Å². The van der Waals surface area contributed by atoms with Gasteiger partial charge in [-0.2, -0.15) is 5.10 Å². The number of hydrogen-bond acceptors (Lipinski definition) is 6. The number of aromatic nitrogens is 4. The van der Waals surface area contributed by atoms with Crippen LogP contribution in [0.3, 0.4) is 0 Å². The summed E-state index contributed by atoms with van der Waals surface area (Å²) in [7, 11) is 3.67. The average Bonchev–Trinajstić information content (AvgIpc) is 2.88. The summed E-state index contributed by atoms with van der Waals surface area (Å²) >= 11 is 0. The van der Waals surface area contributed by atoms with Gasteiger partial charge in [0.25, 0.3) is 0 Å². The minimum absolute atomic E-state index is 0. The fourth-order valence-electron chi connectivity index (χ4n) is 2.78. The van der Waals surface area contributed by atoms with Gasteiger partial charge < -0.3 is 15.1 Å². The lowest BCUT2D eigenvalue weighted by atomic mass is 10.2. The molecular formula is C14H22ClN7O. The van der Waals surface area contributed by atoms with Crippen LogP contribution in [0, 0.1) is 6.92 Å². The Bertz CT molecular complexity index is 694. The molecule has 1 N–H and O–H groups in total. The Hall–Kier alpha value is -1.93. The van der Waals surface area contributed by atoms with E-state index >= 15 is 0 Å². The molecule has 0 aromatic carbocycles. The number of hydrogen-bond donors (Lipinski definition) is 1. The predicted octanol–water partition coefficient (Wildman–Crippen LogP) is -0.0385. The summed E-state index contributed by atoms with van der Waals surface area (Å²) in [4.78, 5) is 25.1. The van der Waals surface area contributed by atoms with Gasteiger partial charge in [-0.15, -0.1) is 12.4 Å². The lowest BCUT2D eigenvalue weighted by molar-refractivity contribution is -0.130. The van der Waals surface area contributed by atoms with Crippen LogP contribution in [0.5, 0.6) is 0 Å². The van der Waals surface area contributed by atoms with Crippen molar-refractivity contribution in [2.45, 2.75) is 6.92 Å². The molecule has 0 bridgehead atoms. The first kappa shape index (κ1) is 17.4. The molecular weight excluding hydrogens is 318 g/mol. The topological polar surface area (TPSA) is 79.2 Å². The first-order valence-corrected chi connectivity index (χ1v) is 7.44. The van der Waals surface area contributed by atoms with Gasteiger partial charge in [-0.05, 0) is 14.0 Å². The SMILES string of the molecule is CNCC(=O)N1CCN(c2nc(C)nc3c2cnn3C)CC1.Cl. The van der Waals surface area contributed by atoms with E-state index in [-0.39, 0.29) is 18.3 Å². The van der Waals surface area contributed by atoms with Crippen LogP contribution in [-0.4, -0.2) is 70.3 Å². The Morgan fingerprint density at radius 2 is 1.96 bits per heavy atom. The standard InChI is InChI=1S/C14H21N7O.ClH/c1-10-17-13-11(8-16-19(13)3)14(18-10)21-6-4-20(5-7-21)12(22)9-15-2;/h8,15H,4-7,9H2,1-3H3;1H. The summed E-state index contributed by atoms with van der Waals surface area (Å²) in [6.07, 6.45) is 1.81. The lowest BCUT2D eigenvalue weighted by Crippen LogP contribution is -2.50. The van der Waals surface area contributed by atoms with E-state index in [9.17, 15) is 4.79 Å². The Kier molecular flexibility index (Phi) is 5.38. The van der Waals surface area contributed by atoms with Crippen molar-refractivity contribution in [2.75, 3.05) is 44.7 Å². The molecule has 1 aliphatic rings. The van der Waals surface area contributed by atoms with Gasteiger partial charge in [0.1, 0.15) is 11.6 Å². The molecule has 1 saturated heterocycles. The van der Waals surface area contributed by atoms with Gasteiger partial charge in [-0.3, -0.25) is 9.48 Å². The third kappa shape index (κ3) is 3.37. The van der Waals surface area contributed by atoms with Crippen molar-refractivity contribution < 1.29 is 4.79 Å². The van der Waals surface area contributed by atoms with Crippen molar-refractivity contribution in [3.63, 3.8) is 0 Å². The zero-order valence-corrected chi connectivity index (χ0v) is 14.4. The number of carbonyl (C=O) groups excluding carboxylic acids is 1. The molecule has 126 valence electrons. The molecule has 0 atom stereocenters. The molecule has 2 aromatic heterocycles. The summed E-state index contributed by atoms with van der Waals surface area (Å²) in [6.45, 7) is 5.25. The number of piperazine rings is 1. The molecule has 0 radical (unpaired) electrons. The summed E-state index contributed by atoms with van der Waals surface area (Å²) in [5.41, 5.74) is 0.844. The van der Waals surface area contributed by atoms with Crippen molar-refractivity contribution in [2.24, 2.45) is 7.05 Å². The van der Waals surface area contributed by atoms with Crippen molar-refractivity contribution in [3.8, 4) is 0 Å². The Labute approximate surface area is 141 Å². The van der Waals surface area contributed by atoms with E-state index in [0.29, 0.717) is 19.6 Å². The Balaban J connectivity index is 0.00000192. The van der Waals surface area contributed by atoms with E-state index in [1.165, 1.54) is 0 Å². The van der Waals surface area contributed by atoms with E-state index in [1.807, 2.05) is 25.1 Å². The number of nitrogens with one attached hydrogen (secondary N) is 1. The van der Waals surface area contributed by atoms with Crippen LogP contribution in [0.25, 0.3) is 11.0 Å². The third-order valence-corrected chi connectivity index (χ3v) is 3.94. The molecule has 1 fully saturated rings. The highest BCUT2D eigenvalue weighted by Crippen LogP contribution is 2.24. The number of carbonyl (C=O) groups is 1. The van der Waals surface area contributed by atoms with Gasteiger partial charge in [0.05, 0.1) is 18.1 Å². The summed E-state index contributed by atoms with van der Waals surface area (Å²) in [5.74, 6) is 1.80. The predicted molar refractivity (Wildman–Crippen MR) is 91.0 cm³/mol. The van der Waals surface area contributed by atoms with Crippen LogP contribution >= 0.6 is 12.4 Å². The first-order valence-electron chi connectivity index (χ1n) is 7.44. The van der Waals surface area contributed by atoms with Gasteiger partial charge >= 0.3 is 0 Å². The second-order valence-electron chi connectivity index (χ2n) is 5.50. The van der Waals surface area contributed by atoms with Crippen LogP contribution in [0.2, 0.25) is 0 Å². The van der Waals surface area contributed by atoms with Gasteiger partial charge in [-0.25, -0.2) is 9.97 Å². The van der Waals surface area contributed by atoms with Gasteiger partial charge in [0.15, 0.2) is 5.65 Å². The number of anilines is 1. The molecule has 1 amide bonds. The normalized spacial score (nSPS) is 14.9. The number of rotatable bonds is 3. The fourth-order valence-corrected chi connectivity index (χ4v) is 2.78. The molecule has 23 heavy (non-hydrogen) atoms. The molecule has 2 aromatic rings. The highest BCUT2D eigenvalue weighted by atomic mass is 35.5. The molecule has 0 unspecified atom stereocenters. The van der Waals surface area contributed by atoms with E-state index in [4.69, 9.17) is 0 Å². The second kappa shape index (κ2) is 7.10. The summed E-state index contributed by atoms with van der Waals surface area (Å²) < 4.78 is 1.76. The smallest absolute Gasteiger partial charge is 0.236 e. The maximum absolute atomic E-state index is 11.9. The minimum Gasteiger partial charge on any atom is -0.352 e. The number of halogens is 1. The molecule has 3 rings (SSSR count). The Morgan fingerprint density at radius 3 is 2.61 bits per heavy atom. The van der Waals surface area contributed by atoms with Crippen LogP contribution in [0.4, 0.5) is 5.82 Å². The molecule has 0 aliphatic carbocycles. The molecule has 1 aliphatic heterocycles. The zero-order chi connectivity index (χ0) is 15.7. The molecule has 0 saturated carbocycles. The van der Waals surface area contributed by atoms with Crippen LogP contribution in [-0.2, 0) is 11.8 Å². The van der Waals surface area contributed by atoms with E-state index < -0.39 is 0 Å². The van der Waals surface area contributed by atoms with Gasteiger partial charge in [0.2, 0.25) is 5.91 Å². The molecule has 9 heteroatoms. The summed E-state index contributed by atoms with van der Waals surface area (Å²) in [5, 5.41) is 8.14. The summed E-state index contributed by atoms with van der Waals surface area (Å²) in [6, 6.07) is 0. The van der Waals surface area contributed by atoms with Crippen LogP contribution in [0.15, 0.2) is 6.20 Å². The van der Waals surface area contributed by atoms with Crippen LogP contribution in [0.1, 0.15) is 5.82 Å². The number of amides is 1. The van der Waals surface area contributed by atoms with Crippen molar-refractivity contribution in [1.82, 2.24) is 30.0 Å². The largest absolute Gasteiger partial charge is 0.352 e. The number of likely N-dealkylation sites (N-methyl/N-ethyl adjacent to an activating group) is 1. The number of fused-ring (bicyclic) bond motifs is 1. The quantitative estimate of drug-likeness (QED) is 0.845. The third-order valence-electron chi connectivity index (χ3n) is 3.94. The Morgan fingerprint density at radius 1 is 1.26 bits per heavy atom. The van der Waals surface area contributed by atoms with E-state index in [2.05, 4.69) is 25.3 Å². The number of nitrogens with zero attached hydrogens (tertiary/aromatic N) is 6. The maximum Gasteiger partial charge on any atom is 0.236 e. The highest BCUT2D eigenvalue weighted by Gasteiger charge is 2.23. The molecule has 8 nitrogen and oxygen atoms in total. The lowest BCUT2D eigenvalue weighted by Gasteiger charge is -2.35. The minimum atomic E-state index is 0. The van der Waals surface area contributed by atoms with Gasteiger partial charge in [0, 0.05) is 33.2 Å². The van der Waals surface area contributed by atoms with E-state index in [1.54, 1.807) is 11.7 Å². The number of aryl methyl sites for hydroxylation is 2. The van der Waals surface area contributed by atoms with E-state index in [0.717, 1.165) is 35.8 Å². The average molecular weight is 340 g/mol. The monoisotopic (exact) mass is 339 g/mol. The van der Waals surface area contributed by atoms with Crippen LogP contribution < -0.4 is 10.2 Å². The van der Waals surface area contributed by atoms with Crippen molar-refractivity contribution in [1.29, 1.82) is 0 Å². The maximum atomic E-state index is 11.9. The molecule has 0 spiro atoms. The second-order valence-corrected chi connectivity index (χ2v) is 5.50. The molecule has 3 heterocycles. The van der Waals surface area contributed by atoms with Crippen molar-refractivity contribution >= 4 is 35.2 Å². The highest BCUT2D eigenvalue weighted by molar-refractivity contribution is 5.87. The zero-order valence-electron chi connectivity index (χ0n) is 13.6. The first-order chi connectivity index (χ1) is 10.6. The van der Waals surface area contributed by atoms with Crippen molar-refractivity contribution in [3.05, 3.63) is 12.0 Å². The fraction of sp³-hybridized carbons (Fsp3) is 0.571.